The number of nitrogens with zero attached hydrogens (tertiary/aromatic N) is 2. The van der Waals surface area contributed by atoms with Gasteiger partial charge in [-0.25, -0.2) is 4.79 Å². The number of allylic oxidation sites excluding steroid dienone is 1. The van der Waals surface area contributed by atoms with E-state index < -0.39 is 5.97 Å². The van der Waals surface area contributed by atoms with E-state index in [1.54, 1.807) is 12.1 Å². The van der Waals surface area contributed by atoms with E-state index in [0.29, 0.717) is 17.9 Å². The van der Waals surface area contributed by atoms with Crippen molar-refractivity contribution in [2.24, 2.45) is 10.3 Å². The van der Waals surface area contributed by atoms with Crippen LogP contribution in [0.3, 0.4) is 0 Å². The Morgan fingerprint density at radius 1 is 1.00 bits per heavy atom. The molecular weight excluding hydrogens is 344 g/mol. The molecule has 6 heteroatoms. The van der Waals surface area contributed by atoms with Crippen molar-refractivity contribution in [2.75, 3.05) is 14.2 Å². The van der Waals surface area contributed by atoms with Gasteiger partial charge in [-0.15, -0.1) is 0 Å². The normalized spacial score (nSPS) is 12.1. The van der Waals surface area contributed by atoms with Gasteiger partial charge in [-0.05, 0) is 24.1 Å². The Morgan fingerprint density at radius 2 is 1.70 bits per heavy atom. The minimum atomic E-state index is -0.575. The first-order chi connectivity index (χ1) is 13.2. The van der Waals surface area contributed by atoms with Crippen LogP contribution in [0.4, 0.5) is 0 Å². The van der Waals surface area contributed by atoms with Crippen LogP contribution in [0.25, 0.3) is 6.08 Å². The molecule has 0 amide bonds. The Balaban J connectivity index is 2.13. The van der Waals surface area contributed by atoms with Gasteiger partial charge in [0, 0.05) is 5.56 Å². The van der Waals surface area contributed by atoms with Crippen LogP contribution >= 0.6 is 0 Å². The molecule has 2 aromatic rings. The second-order valence-electron chi connectivity index (χ2n) is 5.53. The summed E-state index contributed by atoms with van der Waals surface area (Å²) in [6.45, 7) is 2.23. The quantitative estimate of drug-likeness (QED) is 0.405. The fourth-order valence-corrected chi connectivity index (χ4v) is 2.27. The average molecular weight is 366 g/mol. The zero-order chi connectivity index (χ0) is 19.5. The standard InChI is InChI=1S/C21H22N2O4/c1-16(22-27-15-17-9-5-4-6-10-17)13-14-18-11-7-8-12-19(18)20(23-26-3)21(24)25-2/h4-14H,15H2,1-3H3/b14-13?,22-16+,23-20?. The molecule has 0 aromatic heterocycles. The van der Waals surface area contributed by atoms with Gasteiger partial charge in [0.1, 0.15) is 13.7 Å². The summed E-state index contributed by atoms with van der Waals surface area (Å²) in [7, 11) is 2.68. The molecule has 0 unspecified atom stereocenters. The summed E-state index contributed by atoms with van der Waals surface area (Å²) in [5.41, 5.74) is 3.19. The molecule has 0 atom stereocenters. The van der Waals surface area contributed by atoms with Crippen LogP contribution < -0.4 is 0 Å². The molecule has 0 radical (unpaired) electrons. The first-order valence-electron chi connectivity index (χ1n) is 8.33. The van der Waals surface area contributed by atoms with Crippen molar-refractivity contribution in [1.82, 2.24) is 0 Å². The zero-order valence-corrected chi connectivity index (χ0v) is 15.6. The van der Waals surface area contributed by atoms with Crippen molar-refractivity contribution in [3.8, 4) is 0 Å². The summed E-state index contributed by atoms with van der Waals surface area (Å²) in [5.74, 6) is -0.575. The Bertz CT molecular complexity index is 842. The van der Waals surface area contributed by atoms with Gasteiger partial charge in [0.15, 0.2) is 5.71 Å². The van der Waals surface area contributed by atoms with E-state index in [0.717, 1.165) is 11.1 Å². The lowest BCUT2D eigenvalue weighted by molar-refractivity contribution is -0.132. The van der Waals surface area contributed by atoms with E-state index in [9.17, 15) is 4.79 Å². The van der Waals surface area contributed by atoms with E-state index in [1.807, 2.05) is 61.5 Å². The number of methoxy groups -OCH3 is 1. The third-order valence-corrected chi connectivity index (χ3v) is 3.56. The molecule has 27 heavy (non-hydrogen) atoms. The van der Waals surface area contributed by atoms with Gasteiger partial charge in [0.2, 0.25) is 0 Å². The first-order valence-corrected chi connectivity index (χ1v) is 8.33. The number of esters is 1. The topological polar surface area (TPSA) is 69.5 Å². The highest BCUT2D eigenvalue weighted by Crippen LogP contribution is 2.14. The minimum Gasteiger partial charge on any atom is -0.464 e. The lowest BCUT2D eigenvalue weighted by Gasteiger charge is -2.07. The second-order valence-corrected chi connectivity index (χ2v) is 5.53. The van der Waals surface area contributed by atoms with Gasteiger partial charge in [0.25, 0.3) is 0 Å². The number of oxime groups is 2. The maximum absolute atomic E-state index is 12.0. The third-order valence-electron chi connectivity index (χ3n) is 3.56. The smallest absolute Gasteiger partial charge is 0.360 e. The van der Waals surface area contributed by atoms with Gasteiger partial charge >= 0.3 is 5.97 Å². The monoisotopic (exact) mass is 366 g/mol. The van der Waals surface area contributed by atoms with E-state index >= 15 is 0 Å². The van der Waals surface area contributed by atoms with Gasteiger partial charge in [-0.1, -0.05) is 71.0 Å². The SMILES string of the molecule is CON=C(C(=O)OC)c1ccccc1C=C/C(C)=N/OCc1ccccc1. The van der Waals surface area contributed by atoms with Crippen LogP contribution in [0.15, 0.2) is 71.0 Å². The highest BCUT2D eigenvalue weighted by molar-refractivity contribution is 6.43. The fraction of sp³-hybridized carbons (Fsp3) is 0.190. The van der Waals surface area contributed by atoms with Crippen molar-refractivity contribution in [3.05, 3.63) is 77.4 Å². The Labute approximate surface area is 158 Å². The second kappa shape index (κ2) is 10.6. The average Bonchev–Trinajstić information content (AvgIpc) is 2.71. The van der Waals surface area contributed by atoms with E-state index in [1.165, 1.54) is 14.2 Å². The first kappa shape index (κ1) is 19.9. The summed E-state index contributed by atoms with van der Waals surface area (Å²) in [4.78, 5) is 22.1. The van der Waals surface area contributed by atoms with Gasteiger partial charge in [-0.3, -0.25) is 0 Å². The molecular formula is C21H22N2O4. The van der Waals surface area contributed by atoms with Crippen molar-refractivity contribution < 1.29 is 19.2 Å². The number of rotatable bonds is 8. The van der Waals surface area contributed by atoms with Crippen LogP contribution in [-0.4, -0.2) is 31.6 Å². The maximum atomic E-state index is 12.0. The number of hydrogen-bond donors (Lipinski definition) is 0. The summed E-state index contributed by atoms with van der Waals surface area (Å²) in [6, 6.07) is 17.1. The highest BCUT2D eigenvalue weighted by Gasteiger charge is 2.17. The van der Waals surface area contributed by atoms with Gasteiger partial charge < -0.3 is 14.4 Å². The van der Waals surface area contributed by atoms with Crippen LogP contribution in [0.1, 0.15) is 23.6 Å². The molecule has 0 N–H and O–H groups in total. The zero-order valence-electron chi connectivity index (χ0n) is 15.6. The summed E-state index contributed by atoms with van der Waals surface area (Å²) < 4.78 is 4.78. The molecule has 0 spiro atoms. The van der Waals surface area contributed by atoms with Crippen LogP contribution in [0, 0.1) is 0 Å². The lowest BCUT2D eigenvalue weighted by atomic mass is 10.0. The van der Waals surface area contributed by atoms with Crippen molar-refractivity contribution in [2.45, 2.75) is 13.5 Å². The predicted molar refractivity (Wildman–Crippen MR) is 105 cm³/mol. The molecule has 140 valence electrons. The molecule has 0 heterocycles. The minimum absolute atomic E-state index is 0.0927. The number of benzene rings is 2. The van der Waals surface area contributed by atoms with Crippen LogP contribution in [0.2, 0.25) is 0 Å². The summed E-state index contributed by atoms with van der Waals surface area (Å²) in [6.07, 6.45) is 3.62. The molecule has 0 aliphatic heterocycles. The number of carbonyl (C=O) groups is 1. The number of hydrogen-bond acceptors (Lipinski definition) is 6. The number of ether oxygens (including phenoxy) is 1. The molecule has 0 aliphatic carbocycles. The third kappa shape index (κ3) is 6.11. The van der Waals surface area contributed by atoms with Crippen LogP contribution in [0.5, 0.6) is 0 Å². The summed E-state index contributed by atoms with van der Waals surface area (Å²) in [5, 5.41) is 7.87. The van der Waals surface area contributed by atoms with E-state index in [2.05, 4.69) is 10.3 Å². The molecule has 2 rings (SSSR count). The van der Waals surface area contributed by atoms with Crippen molar-refractivity contribution >= 4 is 23.5 Å². The largest absolute Gasteiger partial charge is 0.464 e. The maximum Gasteiger partial charge on any atom is 0.360 e. The fourth-order valence-electron chi connectivity index (χ4n) is 2.27. The Kier molecular flexibility index (Phi) is 7.78. The Hall–Kier alpha value is -3.41. The molecule has 0 fully saturated rings. The van der Waals surface area contributed by atoms with Crippen molar-refractivity contribution in [1.29, 1.82) is 0 Å². The van der Waals surface area contributed by atoms with E-state index in [-0.39, 0.29) is 5.71 Å². The van der Waals surface area contributed by atoms with Crippen LogP contribution in [-0.2, 0) is 25.8 Å². The molecule has 0 aliphatic rings. The van der Waals surface area contributed by atoms with Crippen molar-refractivity contribution in [3.63, 3.8) is 0 Å². The molecule has 6 nitrogen and oxygen atoms in total. The highest BCUT2D eigenvalue weighted by atomic mass is 16.6. The summed E-state index contributed by atoms with van der Waals surface area (Å²) >= 11 is 0. The number of carbonyl (C=O) groups excluding carboxylic acids is 1. The van der Waals surface area contributed by atoms with Gasteiger partial charge in [-0.2, -0.15) is 0 Å². The van der Waals surface area contributed by atoms with E-state index in [4.69, 9.17) is 14.4 Å². The molecule has 0 saturated heterocycles. The lowest BCUT2D eigenvalue weighted by Crippen LogP contribution is -2.18. The van der Waals surface area contributed by atoms with Gasteiger partial charge in [0.05, 0.1) is 12.8 Å². The Morgan fingerprint density at radius 3 is 2.41 bits per heavy atom. The molecule has 2 aromatic carbocycles. The molecule has 0 bridgehead atoms. The molecule has 0 saturated carbocycles. The predicted octanol–water partition coefficient (Wildman–Crippen LogP) is 3.82.